The van der Waals surface area contributed by atoms with E-state index < -0.39 is 0 Å². The Bertz CT molecular complexity index is 1230. The molecule has 4 aromatic rings. The lowest BCUT2D eigenvalue weighted by molar-refractivity contribution is 0.470. The van der Waals surface area contributed by atoms with Gasteiger partial charge in [0.05, 0.1) is 11.4 Å². The molecule has 1 aromatic heterocycles. The van der Waals surface area contributed by atoms with Crippen molar-refractivity contribution in [1.82, 2.24) is 4.98 Å². The molecule has 1 aliphatic carbocycles. The summed E-state index contributed by atoms with van der Waals surface area (Å²) in [5.74, 6) is 0.480. The van der Waals surface area contributed by atoms with Gasteiger partial charge in [0.1, 0.15) is 11.5 Å². The molecular formula is C24H16ClNO2. The predicted octanol–water partition coefficient (Wildman–Crippen LogP) is 6.05. The van der Waals surface area contributed by atoms with Crippen LogP contribution in [-0.4, -0.2) is 15.2 Å². The van der Waals surface area contributed by atoms with Gasteiger partial charge in [0.2, 0.25) is 0 Å². The van der Waals surface area contributed by atoms with Crippen LogP contribution in [0.25, 0.3) is 33.6 Å². The number of pyridine rings is 1. The van der Waals surface area contributed by atoms with E-state index in [1.54, 1.807) is 24.3 Å². The highest BCUT2D eigenvalue weighted by Gasteiger charge is 2.26. The molecule has 0 unspecified atom stereocenters. The molecule has 136 valence electrons. The summed E-state index contributed by atoms with van der Waals surface area (Å²) < 4.78 is 0. The van der Waals surface area contributed by atoms with Crippen molar-refractivity contribution >= 4 is 11.6 Å². The van der Waals surface area contributed by atoms with Gasteiger partial charge in [-0.1, -0.05) is 48.0 Å². The van der Waals surface area contributed by atoms with Gasteiger partial charge in [0, 0.05) is 28.1 Å². The minimum Gasteiger partial charge on any atom is -0.508 e. The van der Waals surface area contributed by atoms with Gasteiger partial charge in [-0.15, -0.1) is 0 Å². The molecule has 0 amide bonds. The molecule has 0 atom stereocenters. The van der Waals surface area contributed by atoms with Gasteiger partial charge in [0.25, 0.3) is 0 Å². The zero-order chi connectivity index (χ0) is 19.3. The van der Waals surface area contributed by atoms with Crippen LogP contribution in [0.1, 0.15) is 11.1 Å². The van der Waals surface area contributed by atoms with Gasteiger partial charge in [-0.25, -0.2) is 4.98 Å². The first-order chi connectivity index (χ1) is 13.6. The molecule has 28 heavy (non-hydrogen) atoms. The number of phenols is 2. The topological polar surface area (TPSA) is 53.4 Å². The summed E-state index contributed by atoms with van der Waals surface area (Å²) >= 11 is 6.25. The number of rotatable bonds is 2. The lowest BCUT2D eigenvalue weighted by Gasteiger charge is -2.13. The quantitative estimate of drug-likeness (QED) is 0.389. The Morgan fingerprint density at radius 1 is 0.750 bits per heavy atom. The van der Waals surface area contributed by atoms with E-state index in [9.17, 15) is 10.2 Å². The first-order valence-electron chi connectivity index (χ1n) is 9.00. The largest absolute Gasteiger partial charge is 0.508 e. The smallest absolute Gasteiger partial charge is 0.119 e. The van der Waals surface area contributed by atoms with Crippen molar-refractivity contribution in [2.45, 2.75) is 6.42 Å². The Hall–Kier alpha value is -3.30. The Morgan fingerprint density at radius 3 is 2.36 bits per heavy atom. The maximum Gasteiger partial charge on any atom is 0.119 e. The summed E-state index contributed by atoms with van der Waals surface area (Å²) in [6.45, 7) is 0. The van der Waals surface area contributed by atoms with Gasteiger partial charge in [-0.05, 0) is 53.1 Å². The highest BCUT2D eigenvalue weighted by Crippen LogP contribution is 2.45. The number of hydrogen-bond donors (Lipinski definition) is 2. The standard InChI is InChI=1S/C24H16ClNO2/c25-16-6-1-4-14(10-16)19-13-22(15-5-2-7-17(27)11-15)26-24-18-8-3-9-23(28)20(18)12-21(19)24/h1-11,13,27-28H,12H2. The molecule has 3 aromatic carbocycles. The number of phenolic OH excluding ortho intramolecular Hbond substituents is 2. The fraction of sp³-hybridized carbons (Fsp3) is 0.0417. The second-order valence-corrected chi connectivity index (χ2v) is 7.36. The summed E-state index contributed by atoms with van der Waals surface area (Å²) in [6, 6.07) is 22.4. The normalized spacial score (nSPS) is 11.9. The first kappa shape index (κ1) is 16.8. The molecule has 2 N–H and O–H groups in total. The van der Waals surface area contributed by atoms with E-state index in [1.807, 2.05) is 48.5 Å². The lowest BCUT2D eigenvalue weighted by atomic mass is 9.96. The predicted molar refractivity (Wildman–Crippen MR) is 112 cm³/mol. The third kappa shape index (κ3) is 2.72. The molecule has 0 fully saturated rings. The second kappa shape index (κ2) is 6.39. The van der Waals surface area contributed by atoms with Gasteiger partial charge in [0.15, 0.2) is 0 Å². The minimum atomic E-state index is 0.196. The molecule has 0 radical (unpaired) electrons. The average molecular weight is 386 g/mol. The van der Waals surface area contributed by atoms with Crippen molar-refractivity contribution < 1.29 is 10.2 Å². The highest BCUT2D eigenvalue weighted by atomic mass is 35.5. The second-order valence-electron chi connectivity index (χ2n) is 6.92. The van der Waals surface area contributed by atoms with Crippen LogP contribution in [0, 0.1) is 0 Å². The summed E-state index contributed by atoms with van der Waals surface area (Å²) in [5.41, 5.74) is 7.40. The minimum absolute atomic E-state index is 0.196. The third-order valence-electron chi connectivity index (χ3n) is 5.16. The number of halogens is 1. The van der Waals surface area contributed by atoms with Crippen LogP contribution in [0.4, 0.5) is 0 Å². The van der Waals surface area contributed by atoms with Gasteiger partial charge >= 0.3 is 0 Å². The average Bonchev–Trinajstić information content (AvgIpc) is 3.07. The summed E-state index contributed by atoms with van der Waals surface area (Å²) in [5, 5.41) is 20.9. The van der Waals surface area contributed by atoms with Crippen LogP contribution in [0.5, 0.6) is 11.5 Å². The van der Waals surface area contributed by atoms with Crippen molar-refractivity contribution in [3.05, 3.63) is 88.9 Å². The fourth-order valence-corrected chi connectivity index (χ4v) is 4.05. The number of aromatic hydroxyl groups is 2. The van der Waals surface area contributed by atoms with Crippen molar-refractivity contribution in [3.63, 3.8) is 0 Å². The third-order valence-corrected chi connectivity index (χ3v) is 5.40. The molecule has 3 nitrogen and oxygen atoms in total. The van der Waals surface area contributed by atoms with E-state index in [4.69, 9.17) is 16.6 Å². The van der Waals surface area contributed by atoms with Crippen LogP contribution in [0.3, 0.4) is 0 Å². The first-order valence-corrected chi connectivity index (χ1v) is 9.38. The SMILES string of the molecule is Oc1cccc(-c2cc(-c3cccc(Cl)c3)c3c(n2)-c2cccc(O)c2C3)c1. The molecule has 0 saturated heterocycles. The Morgan fingerprint density at radius 2 is 1.54 bits per heavy atom. The van der Waals surface area contributed by atoms with E-state index in [-0.39, 0.29) is 11.5 Å². The number of benzene rings is 3. The van der Waals surface area contributed by atoms with Crippen LogP contribution in [0.2, 0.25) is 5.02 Å². The van der Waals surface area contributed by atoms with E-state index in [0.29, 0.717) is 11.4 Å². The highest BCUT2D eigenvalue weighted by molar-refractivity contribution is 6.30. The summed E-state index contributed by atoms with van der Waals surface area (Å²) in [6.07, 6.45) is 0.618. The molecule has 0 bridgehead atoms. The van der Waals surface area contributed by atoms with Crippen LogP contribution < -0.4 is 0 Å². The molecule has 5 rings (SSSR count). The maximum absolute atomic E-state index is 10.3. The zero-order valence-corrected chi connectivity index (χ0v) is 15.6. The summed E-state index contributed by atoms with van der Waals surface area (Å²) in [7, 11) is 0. The number of fused-ring (bicyclic) bond motifs is 3. The molecule has 0 spiro atoms. The maximum atomic E-state index is 10.3. The Kier molecular flexibility index (Phi) is 3.85. The number of nitrogens with zero attached hydrogens (tertiary/aromatic N) is 1. The van der Waals surface area contributed by atoms with Crippen molar-refractivity contribution in [1.29, 1.82) is 0 Å². The molecule has 0 saturated carbocycles. The van der Waals surface area contributed by atoms with E-state index in [2.05, 4.69) is 0 Å². The van der Waals surface area contributed by atoms with Crippen molar-refractivity contribution in [2.24, 2.45) is 0 Å². The van der Waals surface area contributed by atoms with Gasteiger partial charge in [-0.2, -0.15) is 0 Å². The molecule has 0 aliphatic heterocycles. The zero-order valence-electron chi connectivity index (χ0n) is 14.9. The molecule has 1 heterocycles. The fourth-order valence-electron chi connectivity index (χ4n) is 3.86. The van der Waals surface area contributed by atoms with Crippen LogP contribution >= 0.6 is 11.6 Å². The number of aromatic nitrogens is 1. The van der Waals surface area contributed by atoms with Crippen LogP contribution in [0.15, 0.2) is 72.8 Å². The van der Waals surface area contributed by atoms with Crippen LogP contribution in [-0.2, 0) is 6.42 Å². The van der Waals surface area contributed by atoms with Gasteiger partial charge in [-0.3, -0.25) is 0 Å². The molecule has 1 aliphatic rings. The van der Waals surface area contributed by atoms with Crippen molar-refractivity contribution in [3.8, 4) is 45.1 Å². The van der Waals surface area contributed by atoms with E-state index in [0.717, 1.165) is 44.8 Å². The molecule has 4 heteroatoms. The Balaban J connectivity index is 1.80. The molecular weight excluding hydrogens is 370 g/mol. The monoisotopic (exact) mass is 385 g/mol. The number of hydrogen-bond acceptors (Lipinski definition) is 3. The van der Waals surface area contributed by atoms with E-state index >= 15 is 0 Å². The van der Waals surface area contributed by atoms with Gasteiger partial charge < -0.3 is 10.2 Å². The lowest BCUT2D eigenvalue weighted by Crippen LogP contribution is -1.94. The van der Waals surface area contributed by atoms with E-state index in [1.165, 1.54) is 0 Å². The summed E-state index contributed by atoms with van der Waals surface area (Å²) in [4.78, 5) is 4.90. The van der Waals surface area contributed by atoms with Crippen molar-refractivity contribution in [2.75, 3.05) is 0 Å². The Labute approximate surface area is 167 Å².